The number of nitrogens with zero attached hydrogens (tertiary/aromatic N) is 1. The first-order valence-electron chi connectivity index (χ1n) is 9.70. The van der Waals surface area contributed by atoms with Crippen molar-refractivity contribution in [1.29, 1.82) is 0 Å². The summed E-state index contributed by atoms with van der Waals surface area (Å²) in [5.41, 5.74) is -0.626. The highest BCUT2D eigenvalue weighted by Crippen LogP contribution is 2.28. The number of rotatable bonds is 6. The van der Waals surface area contributed by atoms with E-state index in [1.165, 1.54) is 6.42 Å². The third kappa shape index (κ3) is 6.03. The molecule has 0 aromatic carbocycles. The summed E-state index contributed by atoms with van der Waals surface area (Å²) < 4.78 is 12.1. The van der Waals surface area contributed by atoms with E-state index in [0.717, 1.165) is 69.6 Å². The Kier molecular flexibility index (Phi) is 8.01. The first-order chi connectivity index (χ1) is 11.6. The highest BCUT2D eigenvalue weighted by atomic mass is 32.2. The Morgan fingerprint density at radius 1 is 1.21 bits per heavy atom. The average Bonchev–Trinajstić information content (AvgIpc) is 2.60. The molecule has 3 unspecified atom stereocenters. The van der Waals surface area contributed by atoms with E-state index in [1.807, 2.05) is 6.92 Å². The number of hydrogen-bond donors (Lipinski definition) is 3. The van der Waals surface area contributed by atoms with Crippen LogP contribution in [0.5, 0.6) is 0 Å². The Morgan fingerprint density at radius 2 is 1.96 bits per heavy atom. The number of aliphatic hydroxyl groups is 1. The van der Waals surface area contributed by atoms with E-state index in [1.54, 1.807) is 0 Å². The second kappa shape index (κ2) is 9.76. The van der Waals surface area contributed by atoms with Crippen molar-refractivity contribution in [3.8, 4) is 0 Å². The summed E-state index contributed by atoms with van der Waals surface area (Å²) in [6.45, 7) is 5.34. The zero-order valence-corrected chi connectivity index (χ0v) is 16.2. The molecule has 5 nitrogen and oxygen atoms in total. The summed E-state index contributed by atoms with van der Waals surface area (Å²) in [5, 5.41) is 17.8. The van der Waals surface area contributed by atoms with E-state index in [4.69, 9.17) is 0 Å². The molecule has 3 atom stereocenters. The Labute approximate surface area is 149 Å². The molecule has 0 radical (unpaired) electrons. The van der Waals surface area contributed by atoms with Crippen LogP contribution < -0.4 is 10.6 Å². The molecule has 0 aliphatic heterocycles. The molecule has 2 aliphatic rings. The summed E-state index contributed by atoms with van der Waals surface area (Å²) in [7, 11) is -0.707. The molecule has 0 aromatic heterocycles. The summed E-state index contributed by atoms with van der Waals surface area (Å²) in [4.78, 5) is 4.66. The van der Waals surface area contributed by atoms with Crippen molar-refractivity contribution in [2.24, 2.45) is 4.99 Å². The topological polar surface area (TPSA) is 73.7 Å². The molecule has 0 spiro atoms. The van der Waals surface area contributed by atoms with Gasteiger partial charge in [0.25, 0.3) is 0 Å². The quantitative estimate of drug-likeness (QED) is 0.504. The summed E-state index contributed by atoms with van der Waals surface area (Å²) in [5.74, 6) is 1.54. The second-order valence-corrected chi connectivity index (χ2v) is 9.28. The number of hydrogen-bond acceptors (Lipinski definition) is 3. The molecule has 0 heterocycles. The van der Waals surface area contributed by atoms with E-state index in [9.17, 15) is 9.32 Å². The molecule has 2 rings (SSSR count). The highest BCUT2D eigenvalue weighted by Gasteiger charge is 2.29. The lowest BCUT2D eigenvalue weighted by molar-refractivity contribution is 0.0131. The van der Waals surface area contributed by atoms with Crippen molar-refractivity contribution in [2.75, 3.05) is 18.8 Å². The van der Waals surface area contributed by atoms with Crippen LogP contribution in [0.2, 0.25) is 0 Å². The van der Waals surface area contributed by atoms with Crippen molar-refractivity contribution in [2.45, 2.75) is 88.5 Å². The predicted molar refractivity (Wildman–Crippen MR) is 102 cm³/mol. The van der Waals surface area contributed by atoms with Gasteiger partial charge < -0.3 is 15.7 Å². The van der Waals surface area contributed by atoms with Gasteiger partial charge in [0.2, 0.25) is 0 Å². The fourth-order valence-corrected chi connectivity index (χ4v) is 5.21. The van der Waals surface area contributed by atoms with Crippen LogP contribution in [0.1, 0.15) is 71.6 Å². The van der Waals surface area contributed by atoms with E-state index in [0.29, 0.717) is 17.8 Å². The molecule has 0 amide bonds. The van der Waals surface area contributed by atoms with Crippen molar-refractivity contribution in [3.63, 3.8) is 0 Å². The third-order valence-corrected chi connectivity index (χ3v) is 7.02. The van der Waals surface area contributed by atoms with Gasteiger partial charge in [-0.3, -0.25) is 9.20 Å². The summed E-state index contributed by atoms with van der Waals surface area (Å²) in [6, 6.07) is 0.332. The van der Waals surface area contributed by atoms with Gasteiger partial charge in [0.1, 0.15) is 0 Å². The molecule has 3 N–H and O–H groups in total. The molecule has 6 heteroatoms. The van der Waals surface area contributed by atoms with Crippen LogP contribution in [0.25, 0.3) is 0 Å². The van der Waals surface area contributed by atoms with Crippen molar-refractivity contribution in [3.05, 3.63) is 0 Å². The Morgan fingerprint density at radius 3 is 2.62 bits per heavy atom. The summed E-state index contributed by atoms with van der Waals surface area (Å²) in [6.07, 6.45) is 9.40. The maximum absolute atomic E-state index is 12.1. The van der Waals surface area contributed by atoms with E-state index in [2.05, 4.69) is 22.5 Å². The zero-order valence-electron chi connectivity index (χ0n) is 15.4. The lowest BCUT2D eigenvalue weighted by Crippen LogP contribution is -2.47. The van der Waals surface area contributed by atoms with Gasteiger partial charge in [-0.25, -0.2) is 0 Å². The van der Waals surface area contributed by atoms with Gasteiger partial charge in [0.15, 0.2) is 5.96 Å². The van der Waals surface area contributed by atoms with Gasteiger partial charge in [0.05, 0.1) is 12.1 Å². The molecule has 140 valence electrons. The minimum Gasteiger partial charge on any atom is -0.388 e. The van der Waals surface area contributed by atoms with Gasteiger partial charge in [-0.05, 0) is 39.0 Å². The third-order valence-electron chi connectivity index (χ3n) is 5.28. The van der Waals surface area contributed by atoms with Crippen LogP contribution in [-0.4, -0.2) is 51.0 Å². The SMILES string of the molecule is CCNC(=NCC1(O)CCCCC1)NC1CCCC(S(=O)CC)C1. The molecular formula is C18H35N3O2S. The monoisotopic (exact) mass is 357 g/mol. The van der Waals surface area contributed by atoms with Crippen LogP contribution in [0.4, 0.5) is 0 Å². The largest absolute Gasteiger partial charge is 0.388 e. The average molecular weight is 358 g/mol. The minimum atomic E-state index is -0.707. The first kappa shape index (κ1) is 19.7. The van der Waals surface area contributed by atoms with E-state index in [-0.39, 0.29) is 0 Å². The lowest BCUT2D eigenvalue weighted by Gasteiger charge is -2.32. The van der Waals surface area contributed by atoms with Gasteiger partial charge in [0, 0.05) is 34.4 Å². The normalized spacial score (nSPS) is 29.0. The maximum Gasteiger partial charge on any atom is 0.191 e. The fraction of sp³-hybridized carbons (Fsp3) is 0.944. The molecule has 2 saturated carbocycles. The van der Waals surface area contributed by atoms with Crippen LogP contribution in [0.15, 0.2) is 4.99 Å². The van der Waals surface area contributed by atoms with Crippen molar-refractivity contribution in [1.82, 2.24) is 10.6 Å². The van der Waals surface area contributed by atoms with E-state index >= 15 is 0 Å². The lowest BCUT2D eigenvalue weighted by atomic mass is 9.85. The summed E-state index contributed by atoms with van der Waals surface area (Å²) >= 11 is 0. The van der Waals surface area contributed by atoms with Crippen LogP contribution in [-0.2, 0) is 10.8 Å². The maximum atomic E-state index is 12.1. The van der Waals surface area contributed by atoms with Crippen LogP contribution in [0, 0.1) is 0 Å². The molecule has 24 heavy (non-hydrogen) atoms. The molecule has 0 bridgehead atoms. The fourth-order valence-electron chi connectivity index (χ4n) is 3.86. The van der Waals surface area contributed by atoms with Crippen LogP contribution in [0.3, 0.4) is 0 Å². The number of nitrogens with one attached hydrogen (secondary N) is 2. The Hall–Kier alpha value is -0.620. The number of aliphatic imine (C=N–C) groups is 1. The Balaban J connectivity index is 1.92. The first-order valence-corrected chi connectivity index (χ1v) is 11.1. The molecular weight excluding hydrogens is 322 g/mol. The van der Waals surface area contributed by atoms with Gasteiger partial charge in [-0.2, -0.15) is 0 Å². The zero-order chi connectivity index (χ0) is 17.4. The van der Waals surface area contributed by atoms with Crippen molar-refractivity contribution >= 4 is 16.8 Å². The van der Waals surface area contributed by atoms with Crippen molar-refractivity contribution < 1.29 is 9.32 Å². The Bertz CT molecular complexity index is 436. The standard InChI is InChI=1S/C18H35N3O2S/c1-3-19-17(20-14-18(22)11-6-5-7-12-18)21-15-9-8-10-16(13-15)24(23)4-2/h15-16,22H,3-14H2,1-2H3,(H2,19,20,21). The van der Waals surface area contributed by atoms with E-state index < -0.39 is 16.4 Å². The predicted octanol–water partition coefficient (Wildman–Crippen LogP) is 2.32. The number of guanidine groups is 1. The van der Waals surface area contributed by atoms with Gasteiger partial charge in [-0.15, -0.1) is 0 Å². The smallest absolute Gasteiger partial charge is 0.191 e. The van der Waals surface area contributed by atoms with Crippen LogP contribution >= 0.6 is 0 Å². The molecule has 2 fully saturated rings. The van der Waals surface area contributed by atoms with Gasteiger partial charge in [-0.1, -0.05) is 32.6 Å². The molecule has 2 aliphatic carbocycles. The minimum absolute atomic E-state index is 0.312. The highest BCUT2D eigenvalue weighted by molar-refractivity contribution is 7.85. The molecule has 0 saturated heterocycles. The molecule has 0 aromatic rings. The second-order valence-electron chi connectivity index (χ2n) is 7.28. The van der Waals surface area contributed by atoms with Gasteiger partial charge >= 0.3 is 0 Å².